The molecule has 0 saturated carbocycles. The summed E-state index contributed by atoms with van der Waals surface area (Å²) in [6.07, 6.45) is 6.12. The first kappa shape index (κ1) is 47.9. The van der Waals surface area contributed by atoms with Crippen LogP contribution in [0.25, 0.3) is 22.8 Å². The largest absolute Gasteiger partial charge is 0.494 e. The molecule has 2 aliphatic rings. The van der Waals surface area contributed by atoms with Gasteiger partial charge in [-0.1, -0.05) is 38.1 Å². The molecule has 2 aromatic carbocycles. The quantitative estimate of drug-likeness (QED) is 0.126. The molecule has 0 amide bonds. The van der Waals surface area contributed by atoms with Crippen LogP contribution in [-0.2, 0) is 40.7 Å². The van der Waals surface area contributed by atoms with Crippen LogP contribution in [0, 0.1) is 0 Å². The number of para-hydroxylation sites is 2. The molecule has 2 aliphatic heterocycles. The molecule has 0 N–H and O–H groups in total. The van der Waals surface area contributed by atoms with E-state index in [0.717, 1.165) is 11.1 Å². The Kier molecular flexibility index (Phi) is 14.9. The molecule has 22 heteroatoms. The number of ether oxygens (including phenoxy) is 6. The molecule has 8 rings (SSSR count). The van der Waals surface area contributed by atoms with E-state index < -0.39 is 42.0 Å². The second kappa shape index (κ2) is 20.6. The average molecular weight is 947 g/mol. The minimum atomic E-state index is -3.62. The van der Waals surface area contributed by atoms with Crippen molar-refractivity contribution >= 4 is 19.7 Å². The predicted molar refractivity (Wildman–Crippen MR) is 242 cm³/mol. The molecule has 4 aromatic heterocycles. The standard InChI is InChI=1S/2C22H27N5O5S/c2*1-14(21-23-9-17(31-4)10-24-21)15(2)33(28,29)13-20-25-26-22-18-7-5-6-8-19(18)32-12-16(11-30-3)27(20)22/h2*5-10,14-16H,11-13H2,1-4H3/t14-,15-,16+;14-,15-,16-/m00/s1. The molecule has 20 nitrogen and oxygen atoms in total. The van der Waals surface area contributed by atoms with Gasteiger partial charge in [-0.05, 0) is 38.1 Å². The number of hydrogen-bond donors (Lipinski definition) is 0. The maximum Gasteiger partial charge on any atom is 0.168 e. The molecule has 352 valence electrons. The molecule has 6 aromatic rings. The number of methoxy groups -OCH3 is 4. The summed E-state index contributed by atoms with van der Waals surface area (Å²) < 4.78 is 90.1. The van der Waals surface area contributed by atoms with Crippen molar-refractivity contribution in [1.82, 2.24) is 49.5 Å². The number of sulfone groups is 2. The Morgan fingerprint density at radius 2 is 0.939 bits per heavy atom. The van der Waals surface area contributed by atoms with E-state index in [1.54, 1.807) is 41.9 Å². The number of fused-ring (bicyclic) bond motifs is 6. The van der Waals surface area contributed by atoms with E-state index in [0.29, 0.717) is 84.4 Å². The van der Waals surface area contributed by atoms with Crippen LogP contribution in [0.3, 0.4) is 0 Å². The highest BCUT2D eigenvalue weighted by atomic mass is 32.2. The van der Waals surface area contributed by atoms with Gasteiger partial charge in [0.25, 0.3) is 0 Å². The molecule has 66 heavy (non-hydrogen) atoms. The molecule has 0 saturated heterocycles. The second-order valence-corrected chi connectivity index (χ2v) is 20.7. The molecule has 0 fully saturated rings. The lowest BCUT2D eigenvalue weighted by molar-refractivity contribution is 0.124. The van der Waals surface area contributed by atoms with Crippen molar-refractivity contribution in [1.29, 1.82) is 0 Å². The van der Waals surface area contributed by atoms with Gasteiger partial charge < -0.3 is 37.6 Å². The third-order valence-electron chi connectivity index (χ3n) is 11.9. The lowest BCUT2D eigenvalue weighted by Gasteiger charge is -2.21. The van der Waals surface area contributed by atoms with Gasteiger partial charge in [0.15, 0.2) is 42.8 Å². The highest BCUT2D eigenvalue weighted by Crippen LogP contribution is 2.37. The fourth-order valence-electron chi connectivity index (χ4n) is 7.68. The summed E-state index contributed by atoms with van der Waals surface area (Å²) in [7, 11) is -1.01. The Bertz CT molecular complexity index is 2620. The molecule has 6 heterocycles. The van der Waals surface area contributed by atoms with Gasteiger partial charge in [0.1, 0.15) is 59.5 Å². The molecule has 0 unspecified atom stereocenters. The summed E-state index contributed by atoms with van der Waals surface area (Å²) >= 11 is 0. The lowest BCUT2D eigenvalue weighted by Crippen LogP contribution is -2.29. The van der Waals surface area contributed by atoms with Crippen molar-refractivity contribution in [2.24, 2.45) is 0 Å². The van der Waals surface area contributed by atoms with Gasteiger partial charge in [-0.2, -0.15) is 0 Å². The summed E-state index contributed by atoms with van der Waals surface area (Å²) in [4.78, 5) is 17.0. The van der Waals surface area contributed by atoms with Gasteiger partial charge in [-0.15, -0.1) is 20.4 Å². The molecule has 0 spiro atoms. The van der Waals surface area contributed by atoms with Crippen molar-refractivity contribution in [3.05, 3.63) is 96.6 Å². The van der Waals surface area contributed by atoms with E-state index >= 15 is 0 Å². The number of aromatic nitrogens is 10. The Balaban J connectivity index is 0.000000196. The number of rotatable bonds is 16. The zero-order chi connectivity index (χ0) is 47.2. The first-order valence-electron chi connectivity index (χ1n) is 21.2. The van der Waals surface area contributed by atoms with Crippen LogP contribution in [0.1, 0.15) is 74.9 Å². The monoisotopic (exact) mass is 946 g/mol. The Morgan fingerprint density at radius 3 is 1.29 bits per heavy atom. The maximum atomic E-state index is 13.4. The molecule has 6 atom stereocenters. The lowest BCUT2D eigenvalue weighted by atomic mass is 10.1. The fraction of sp³-hybridized carbons (Fsp3) is 0.455. The van der Waals surface area contributed by atoms with E-state index in [2.05, 4.69) is 40.3 Å². The Labute approximate surface area is 383 Å². The van der Waals surface area contributed by atoms with E-state index in [9.17, 15) is 16.8 Å². The van der Waals surface area contributed by atoms with Crippen LogP contribution in [0.2, 0.25) is 0 Å². The highest BCUT2D eigenvalue weighted by molar-refractivity contribution is 7.91. The fourth-order valence-corrected chi connectivity index (χ4v) is 10.8. The van der Waals surface area contributed by atoms with Crippen LogP contribution in [0.4, 0.5) is 0 Å². The summed E-state index contributed by atoms with van der Waals surface area (Å²) in [6, 6.07) is 14.5. The van der Waals surface area contributed by atoms with Gasteiger partial charge in [-0.3, -0.25) is 0 Å². The van der Waals surface area contributed by atoms with Crippen LogP contribution in [0.5, 0.6) is 23.0 Å². The molecular formula is C44H54N10O10S2. The molecule has 0 aliphatic carbocycles. The van der Waals surface area contributed by atoms with Gasteiger partial charge in [0.2, 0.25) is 0 Å². The van der Waals surface area contributed by atoms with Gasteiger partial charge >= 0.3 is 0 Å². The van der Waals surface area contributed by atoms with Crippen molar-refractivity contribution in [2.75, 3.05) is 54.9 Å². The minimum absolute atomic E-state index is 0.268. The van der Waals surface area contributed by atoms with Crippen LogP contribution in [0.15, 0.2) is 73.3 Å². The van der Waals surface area contributed by atoms with E-state index in [-0.39, 0.29) is 23.6 Å². The Morgan fingerprint density at radius 1 is 0.576 bits per heavy atom. The van der Waals surface area contributed by atoms with Crippen molar-refractivity contribution < 1.29 is 45.3 Å². The Hall–Kier alpha value is -6.10. The highest BCUT2D eigenvalue weighted by Gasteiger charge is 2.36. The van der Waals surface area contributed by atoms with Gasteiger partial charge in [-0.25, -0.2) is 36.8 Å². The van der Waals surface area contributed by atoms with Crippen molar-refractivity contribution in [3.63, 3.8) is 0 Å². The van der Waals surface area contributed by atoms with Crippen LogP contribution in [-0.4, -0.2) is 132 Å². The zero-order valence-corrected chi connectivity index (χ0v) is 39.6. The van der Waals surface area contributed by atoms with Crippen LogP contribution >= 0.6 is 0 Å². The summed E-state index contributed by atoms with van der Waals surface area (Å²) in [5.74, 6) is 3.69. The summed E-state index contributed by atoms with van der Waals surface area (Å²) in [6.45, 7) is 8.22. The van der Waals surface area contributed by atoms with E-state index in [1.807, 2.05) is 57.7 Å². The first-order chi connectivity index (χ1) is 31.7. The number of nitrogens with zero attached hydrogens (tertiary/aromatic N) is 10. The predicted octanol–water partition coefficient (Wildman–Crippen LogP) is 4.86. The third-order valence-corrected chi connectivity index (χ3v) is 16.3. The maximum absolute atomic E-state index is 13.4. The summed E-state index contributed by atoms with van der Waals surface area (Å²) in [5, 5.41) is 15.7. The first-order valence-corrected chi connectivity index (χ1v) is 24.6. The number of benzene rings is 2. The van der Waals surface area contributed by atoms with Crippen molar-refractivity contribution in [2.45, 2.75) is 73.6 Å². The van der Waals surface area contributed by atoms with Gasteiger partial charge in [0, 0.05) is 26.1 Å². The van der Waals surface area contributed by atoms with Gasteiger partial charge in [0.05, 0.1) is 85.9 Å². The average Bonchev–Trinajstić information content (AvgIpc) is 3.84. The number of hydrogen-bond acceptors (Lipinski definition) is 18. The van der Waals surface area contributed by atoms with E-state index in [4.69, 9.17) is 28.4 Å². The van der Waals surface area contributed by atoms with Crippen molar-refractivity contribution in [3.8, 4) is 45.8 Å². The second-order valence-electron chi connectivity index (χ2n) is 16.0. The zero-order valence-electron chi connectivity index (χ0n) is 38.0. The normalized spacial score (nSPS) is 17.3. The van der Waals surface area contributed by atoms with E-state index in [1.165, 1.54) is 39.0 Å². The summed E-state index contributed by atoms with van der Waals surface area (Å²) in [5.41, 5.74) is 1.53. The molecular weight excluding hydrogens is 893 g/mol. The molecule has 0 radical (unpaired) electrons. The minimum Gasteiger partial charge on any atom is -0.494 e. The third kappa shape index (κ3) is 10.1. The van der Waals surface area contributed by atoms with Crippen LogP contribution < -0.4 is 18.9 Å². The SMILES string of the molecule is COC[C@@H]1COc2ccccc2-c2nnc(CS(=O)(=O)[C@@H](C)[C@H](C)c3ncc(OC)cn3)n21.COC[C@H]1COc2ccccc2-c2nnc(CS(=O)(=O)[C@@H](C)[C@H](C)c3ncc(OC)cn3)n21. The molecule has 0 bridgehead atoms. The topological polar surface area (TPSA) is 237 Å². The smallest absolute Gasteiger partial charge is 0.168 e.